The van der Waals surface area contributed by atoms with E-state index in [0.29, 0.717) is 5.56 Å². The second-order valence-electron chi connectivity index (χ2n) is 4.90. The first-order valence-corrected chi connectivity index (χ1v) is 6.34. The fourth-order valence-corrected chi connectivity index (χ4v) is 2.15. The van der Waals surface area contributed by atoms with Crippen molar-refractivity contribution in [3.05, 3.63) is 59.7 Å². The molecule has 1 aliphatic carbocycles. The first-order valence-electron chi connectivity index (χ1n) is 6.34. The Morgan fingerprint density at radius 3 is 2.74 bits per heavy atom. The second kappa shape index (κ2) is 5.41. The van der Waals surface area contributed by atoms with Crippen molar-refractivity contribution in [2.45, 2.75) is 25.5 Å². The van der Waals surface area contributed by atoms with Gasteiger partial charge in [-0.3, -0.25) is 4.79 Å². The van der Waals surface area contributed by atoms with Crippen molar-refractivity contribution >= 4 is 5.91 Å². The first-order chi connectivity index (χ1) is 9.07. The Bertz CT molecular complexity index is 533. The summed E-state index contributed by atoms with van der Waals surface area (Å²) in [7, 11) is 1.65. The zero-order chi connectivity index (χ0) is 13.9. The Morgan fingerprint density at radius 1 is 1.32 bits per heavy atom. The topological polar surface area (TPSA) is 38.3 Å². The largest absolute Gasteiger partial charge is 0.372 e. The predicted octanol–water partition coefficient (Wildman–Crippen LogP) is 2.62. The Morgan fingerprint density at radius 2 is 2.05 bits per heavy atom. The molecule has 0 aliphatic heterocycles. The van der Waals surface area contributed by atoms with Crippen LogP contribution in [-0.2, 0) is 4.74 Å². The summed E-state index contributed by atoms with van der Waals surface area (Å²) >= 11 is 0. The summed E-state index contributed by atoms with van der Waals surface area (Å²) in [5.41, 5.74) is 1.16. The van der Waals surface area contributed by atoms with Crippen molar-refractivity contribution in [1.29, 1.82) is 0 Å². The third-order valence-electron chi connectivity index (χ3n) is 3.58. The van der Waals surface area contributed by atoms with Gasteiger partial charge in [0, 0.05) is 12.7 Å². The van der Waals surface area contributed by atoms with E-state index in [0.717, 1.165) is 5.56 Å². The van der Waals surface area contributed by atoms with Gasteiger partial charge in [-0.25, -0.2) is 0 Å². The zero-order valence-corrected chi connectivity index (χ0v) is 11.5. The van der Waals surface area contributed by atoms with Crippen molar-refractivity contribution in [3.8, 4) is 0 Å². The minimum Gasteiger partial charge on any atom is -0.372 e. The molecular weight excluding hydrogens is 238 g/mol. The van der Waals surface area contributed by atoms with Crippen LogP contribution >= 0.6 is 0 Å². The lowest BCUT2D eigenvalue weighted by Crippen LogP contribution is -2.50. The van der Waals surface area contributed by atoms with E-state index in [-0.39, 0.29) is 11.9 Å². The molecule has 1 N–H and O–H groups in total. The van der Waals surface area contributed by atoms with Gasteiger partial charge in [-0.2, -0.15) is 0 Å². The summed E-state index contributed by atoms with van der Waals surface area (Å²) in [5.74, 6) is -0.0775. The van der Waals surface area contributed by atoms with E-state index in [1.54, 1.807) is 7.11 Å². The van der Waals surface area contributed by atoms with Crippen molar-refractivity contribution < 1.29 is 9.53 Å². The predicted molar refractivity (Wildman–Crippen MR) is 76.1 cm³/mol. The maximum absolute atomic E-state index is 12.3. The number of amides is 1. The maximum Gasteiger partial charge on any atom is 0.252 e. The van der Waals surface area contributed by atoms with Crippen molar-refractivity contribution in [1.82, 2.24) is 5.32 Å². The lowest BCUT2D eigenvalue weighted by atomic mass is 9.91. The van der Waals surface area contributed by atoms with Crippen LogP contribution in [0, 0.1) is 6.92 Å². The van der Waals surface area contributed by atoms with Crippen molar-refractivity contribution in [3.63, 3.8) is 0 Å². The Labute approximate surface area is 114 Å². The highest BCUT2D eigenvalue weighted by Crippen LogP contribution is 2.22. The number of methoxy groups -OCH3 is 1. The summed E-state index contributed by atoms with van der Waals surface area (Å²) in [6.45, 7) is 3.89. The van der Waals surface area contributed by atoms with Gasteiger partial charge in [0.05, 0.1) is 6.04 Å². The summed E-state index contributed by atoms with van der Waals surface area (Å²) in [6, 6.07) is 7.38. The second-order valence-corrected chi connectivity index (χ2v) is 4.90. The number of allylic oxidation sites excluding steroid dienone is 2. The number of nitrogens with one attached hydrogen (secondary N) is 1. The number of ether oxygens (including phenoxy) is 1. The van der Waals surface area contributed by atoms with E-state index >= 15 is 0 Å². The standard InChI is InChI=1S/C16H19NO2/c1-12-8-4-5-9-13(12)15(18)17-14-10-6-7-11-16(14,2)19-3/h4-11,14H,1-3H3,(H,17,18). The molecule has 0 spiro atoms. The van der Waals surface area contributed by atoms with Gasteiger partial charge in [0.1, 0.15) is 5.60 Å². The molecule has 1 aliphatic rings. The van der Waals surface area contributed by atoms with Gasteiger partial charge in [-0.1, -0.05) is 42.5 Å². The highest BCUT2D eigenvalue weighted by molar-refractivity contribution is 5.96. The highest BCUT2D eigenvalue weighted by atomic mass is 16.5. The molecule has 19 heavy (non-hydrogen) atoms. The molecule has 2 rings (SSSR count). The van der Waals surface area contributed by atoms with Crippen LogP contribution in [-0.4, -0.2) is 24.7 Å². The molecule has 3 nitrogen and oxygen atoms in total. The average molecular weight is 257 g/mol. The van der Waals surface area contributed by atoms with Crippen LogP contribution in [0.1, 0.15) is 22.8 Å². The first kappa shape index (κ1) is 13.6. The molecule has 3 heteroatoms. The quantitative estimate of drug-likeness (QED) is 0.904. The molecule has 2 atom stereocenters. The van der Waals surface area contributed by atoms with E-state index in [9.17, 15) is 4.79 Å². The Balaban J connectivity index is 2.17. The number of hydrogen-bond acceptors (Lipinski definition) is 2. The number of benzene rings is 1. The maximum atomic E-state index is 12.3. The van der Waals surface area contributed by atoms with Crippen LogP contribution < -0.4 is 5.32 Å². The number of rotatable bonds is 3. The van der Waals surface area contributed by atoms with Gasteiger partial charge in [-0.15, -0.1) is 0 Å². The van der Waals surface area contributed by atoms with Gasteiger partial charge in [0.2, 0.25) is 0 Å². The summed E-state index contributed by atoms with van der Waals surface area (Å²) in [4.78, 5) is 12.3. The normalized spacial score (nSPS) is 25.3. The monoisotopic (exact) mass is 257 g/mol. The lowest BCUT2D eigenvalue weighted by molar-refractivity contribution is 0.0264. The zero-order valence-electron chi connectivity index (χ0n) is 11.5. The highest BCUT2D eigenvalue weighted by Gasteiger charge is 2.32. The lowest BCUT2D eigenvalue weighted by Gasteiger charge is -2.34. The Kier molecular flexibility index (Phi) is 3.86. The summed E-state index contributed by atoms with van der Waals surface area (Å²) in [5, 5.41) is 3.02. The molecule has 0 radical (unpaired) electrons. The molecule has 0 bridgehead atoms. The SMILES string of the molecule is COC1(C)C=CC=CC1NC(=O)c1ccccc1C. The number of hydrogen-bond donors (Lipinski definition) is 1. The van der Waals surface area contributed by atoms with Gasteiger partial charge in [-0.05, 0) is 25.5 Å². The van der Waals surface area contributed by atoms with Gasteiger partial charge in [0.15, 0.2) is 0 Å². The molecule has 1 amide bonds. The van der Waals surface area contributed by atoms with E-state index in [1.807, 2.05) is 62.4 Å². The number of aryl methyl sites for hydroxylation is 1. The summed E-state index contributed by atoms with van der Waals surface area (Å²) < 4.78 is 5.51. The molecule has 1 aromatic rings. The summed E-state index contributed by atoms with van der Waals surface area (Å²) in [6.07, 6.45) is 7.75. The molecular formula is C16H19NO2. The van der Waals surface area contributed by atoms with E-state index < -0.39 is 5.60 Å². The van der Waals surface area contributed by atoms with E-state index in [2.05, 4.69) is 5.32 Å². The van der Waals surface area contributed by atoms with Gasteiger partial charge in [0.25, 0.3) is 5.91 Å². The minimum atomic E-state index is -0.507. The molecule has 0 fully saturated rings. The molecule has 100 valence electrons. The smallest absolute Gasteiger partial charge is 0.252 e. The van der Waals surface area contributed by atoms with Crippen LogP contribution in [0.4, 0.5) is 0 Å². The van der Waals surface area contributed by atoms with Crippen LogP contribution in [0.25, 0.3) is 0 Å². The number of carbonyl (C=O) groups excluding carboxylic acids is 1. The van der Waals surface area contributed by atoms with Gasteiger partial charge < -0.3 is 10.1 Å². The third-order valence-corrected chi connectivity index (χ3v) is 3.58. The molecule has 0 aromatic heterocycles. The fraction of sp³-hybridized carbons (Fsp3) is 0.312. The van der Waals surface area contributed by atoms with Gasteiger partial charge >= 0.3 is 0 Å². The van der Waals surface area contributed by atoms with Crippen LogP contribution in [0.2, 0.25) is 0 Å². The fourth-order valence-electron chi connectivity index (χ4n) is 2.15. The van der Waals surface area contributed by atoms with E-state index in [4.69, 9.17) is 4.74 Å². The van der Waals surface area contributed by atoms with Crippen LogP contribution in [0.3, 0.4) is 0 Å². The van der Waals surface area contributed by atoms with Crippen LogP contribution in [0.5, 0.6) is 0 Å². The average Bonchev–Trinajstić information content (AvgIpc) is 2.42. The Hall–Kier alpha value is -1.87. The molecule has 1 aromatic carbocycles. The number of carbonyl (C=O) groups is 1. The molecule has 0 heterocycles. The third kappa shape index (κ3) is 2.76. The minimum absolute atomic E-state index is 0.0775. The van der Waals surface area contributed by atoms with Crippen molar-refractivity contribution in [2.24, 2.45) is 0 Å². The molecule has 0 saturated carbocycles. The van der Waals surface area contributed by atoms with Crippen molar-refractivity contribution in [2.75, 3.05) is 7.11 Å². The molecule has 2 unspecified atom stereocenters. The molecule has 0 saturated heterocycles. The van der Waals surface area contributed by atoms with E-state index in [1.165, 1.54) is 0 Å². The van der Waals surface area contributed by atoms with Crippen LogP contribution in [0.15, 0.2) is 48.6 Å².